The van der Waals surface area contributed by atoms with Crippen LogP contribution in [-0.4, -0.2) is 42.1 Å². The maximum atomic E-state index is 13.6. The summed E-state index contributed by atoms with van der Waals surface area (Å²) in [6.07, 6.45) is 0. The summed E-state index contributed by atoms with van der Waals surface area (Å²) in [5, 5.41) is 10.3. The van der Waals surface area contributed by atoms with Gasteiger partial charge in [-0.05, 0) is 58.4 Å². The Bertz CT molecular complexity index is 1570. The molecule has 0 aliphatic carbocycles. The van der Waals surface area contributed by atoms with Crippen LogP contribution >= 0.6 is 0 Å². The summed E-state index contributed by atoms with van der Waals surface area (Å²) >= 11 is 0. The smallest absolute Gasteiger partial charge is 0.350 e. The highest BCUT2D eigenvalue weighted by molar-refractivity contribution is 5.98. The van der Waals surface area contributed by atoms with Crippen molar-refractivity contribution in [3.63, 3.8) is 0 Å². The van der Waals surface area contributed by atoms with Crippen LogP contribution in [0.5, 0.6) is 0 Å². The number of hydrogen-bond acceptors (Lipinski definition) is 5. The number of amides is 2. The van der Waals surface area contributed by atoms with Gasteiger partial charge in [0.15, 0.2) is 0 Å². The van der Waals surface area contributed by atoms with Gasteiger partial charge in [-0.2, -0.15) is 0 Å². The molecule has 10 heteroatoms. The molecule has 2 N–H and O–H groups in total. The number of benzene rings is 2. The van der Waals surface area contributed by atoms with E-state index in [1.807, 2.05) is 65.0 Å². The summed E-state index contributed by atoms with van der Waals surface area (Å²) in [4.78, 5) is 52.2. The van der Waals surface area contributed by atoms with Crippen LogP contribution in [0.15, 0.2) is 58.1 Å². The number of aromatic nitrogens is 4. The van der Waals surface area contributed by atoms with Crippen molar-refractivity contribution < 1.29 is 9.59 Å². The molecule has 0 spiro atoms. The minimum absolute atomic E-state index is 0.0844. The van der Waals surface area contributed by atoms with Crippen LogP contribution in [0, 0.1) is 0 Å². The molecular weight excluding hydrogens is 460 g/mol. The molecular formula is C26H30N6O4. The normalized spacial score (nSPS) is 11.8. The van der Waals surface area contributed by atoms with Crippen molar-refractivity contribution in [1.29, 1.82) is 0 Å². The molecule has 0 aliphatic rings. The number of nitrogens with zero attached hydrogens (tertiary/aromatic N) is 4. The predicted molar refractivity (Wildman–Crippen MR) is 137 cm³/mol. The Morgan fingerprint density at radius 1 is 1.03 bits per heavy atom. The van der Waals surface area contributed by atoms with Crippen molar-refractivity contribution in [1.82, 2.24) is 29.4 Å². The van der Waals surface area contributed by atoms with E-state index in [0.29, 0.717) is 5.56 Å². The lowest BCUT2D eigenvalue weighted by atomic mass is 10.1. The third-order valence-electron chi connectivity index (χ3n) is 5.45. The SMILES string of the molecule is CC(C)NC(=O)c1ccc2c(=O)n(Cc3ccccc3)c3nn(CC(=O)NC(C)(C)C)c(=O)n3c2c1. The molecule has 4 aromatic rings. The minimum Gasteiger partial charge on any atom is -0.350 e. The Kier molecular flexibility index (Phi) is 6.53. The second-order valence-electron chi connectivity index (χ2n) is 10.1. The fourth-order valence-corrected chi connectivity index (χ4v) is 4.01. The highest BCUT2D eigenvalue weighted by atomic mass is 16.2. The van der Waals surface area contributed by atoms with Gasteiger partial charge in [0.25, 0.3) is 11.5 Å². The van der Waals surface area contributed by atoms with Crippen LogP contribution < -0.4 is 21.9 Å². The van der Waals surface area contributed by atoms with Gasteiger partial charge >= 0.3 is 5.69 Å². The Morgan fingerprint density at radius 2 is 1.72 bits per heavy atom. The predicted octanol–water partition coefficient (Wildman–Crippen LogP) is 1.91. The van der Waals surface area contributed by atoms with Gasteiger partial charge in [0, 0.05) is 17.1 Å². The van der Waals surface area contributed by atoms with E-state index in [9.17, 15) is 19.2 Å². The molecule has 36 heavy (non-hydrogen) atoms. The summed E-state index contributed by atoms with van der Waals surface area (Å²) < 4.78 is 3.74. The number of rotatable bonds is 6. The Balaban J connectivity index is 1.95. The van der Waals surface area contributed by atoms with Crippen LogP contribution in [0.25, 0.3) is 16.7 Å². The molecule has 188 valence electrons. The van der Waals surface area contributed by atoms with Gasteiger partial charge in [-0.25, -0.2) is 13.9 Å². The Labute approximate surface area is 207 Å². The van der Waals surface area contributed by atoms with E-state index < -0.39 is 11.2 Å². The molecule has 2 aromatic carbocycles. The lowest BCUT2D eigenvalue weighted by Gasteiger charge is -2.20. The first-order valence-electron chi connectivity index (χ1n) is 11.8. The molecule has 10 nitrogen and oxygen atoms in total. The molecule has 2 amide bonds. The van der Waals surface area contributed by atoms with Crippen molar-refractivity contribution in [2.24, 2.45) is 0 Å². The van der Waals surface area contributed by atoms with Crippen LogP contribution in [0.3, 0.4) is 0 Å². The summed E-state index contributed by atoms with van der Waals surface area (Å²) in [6.45, 7) is 9.07. The Morgan fingerprint density at radius 3 is 2.36 bits per heavy atom. The summed E-state index contributed by atoms with van der Waals surface area (Å²) in [5.74, 6) is -0.615. The average Bonchev–Trinajstić information content (AvgIpc) is 3.11. The molecule has 2 heterocycles. The molecule has 0 bridgehead atoms. The van der Waals surface area contributed by atoms with Gasteiger partial charge in [-0.1, -0.05) is 30.3 Å². The largest absolute Gasteiger partial charge is 0.352 e. The third-order valence-corrected chi connectivity index (χ3v) is 5.45. The summed E-state index contributed by atoms with van der Waals surface area (Å²) in [5.41, 5.74) is -0.0104. The van der Waals surface area contributed by atoms with Crippen molar-refractivity contribution in [2.45, 2.75) is 59.3 Å². The van der Waals surface area contributed by atoms with E-state index in [2.05, 4.69) is 15.7 Å². The second kappa shape index (κ2) is 9.44. The molecule has 0 atom stereocenters. The van der Waals surface area contributed by atoms with E-state index in [1.54, 1.807) is 12.1 Å². The first-order valence-corrected chi connectivity index (χ1v) is 11.8. The molecule has 0 fully saturated rings. The summed E-state index contributed by atoms with van der Waals surface area (Å²) in [6, 6.07) is 13.9. The van der Waals surface area contributed by atoms with Gasteiger partial charge < -0.3 is 10.6 Å². The molecule has 2 aromatic heterocycles. The zero-order chi connectivity index (χ0) is 26.2. The first kappa shape index (κ1) is 24.9. The minimum atomic E-state index is -0.581. The number of carbonyl (C=O) groups is 2. The topological polar surface area (TPSA) is 120 Å². The molecule has 0 aliphatic heterocycles. The van der Waals surface area contributed by atoms with Gasteiger partial charge in [0.2, 0.25) is 11.7 Å². The highest BCUT2D eigenvalue weighted by Gasteiger charge is 2.21. The monoisotopic (exact) mass is 490 g/mol. The molecule has 0 unspecified atom stereocenters. The standard InChI is InChI=1S/C26H30N6O4/c1-16(2)27-22(34)18-11-12-19-20(13-18)32-24(30(23(19)35)14-17-9-7-6-8-10-17)29-31(25(32)36)15-21(33)28-26(3,4)5/h6-13,16H,14-15H2,1-5H3,(H,27,34)(H,28,33). The Hall–Kier alpha value is -4.21. The van der Waals surface area contributed by atoms with Gasteiger partial charge in [-0.3, -0.25) is 19.0 Å². The molecule has 4 rings (SSSR count). The second-order valence-corrected chi connectivity index (χ2v) is 10.1. The third kappa shape index (κ3) is 5.07. The lowest BCUT2D eigenvalue weighted by molar-refractivity contribution is -0.123. The number of hydrogen-bond donors (Lipinski definition) is 2. The van der Waals surface area contributed by atoms with Crippen LogP contribution in [0.4, 0.5) is 0 Å². The molecule has 0 radical (unpaired) electrons. The van der Waals surface area contributed by atoms with Crippen LogP contribution in [0.2, 0.25) is 0 Å². The maximum Gasteiger partial charge on any atom is 0.352 e. The average molecular weight is 491 g/mol. The van der Waals surface area contributed by atoms with Crippen molar-refractivity contribution in [3.8, 4) is 0 Å². The molecule has 0 saturated heterocycles. The van der Waals surface area contributed by atoms with E-state index >= 15 is 0 Å². The summed E-state index contributed by atoms with van der Waals surface area (Å²) in [7, 11) is 0. The quantitative estimate of drug-likeness (QED) is 0.428. The highest BCUT2D eigenvalue weighted by Crippen LogP contribution is 2.15. The zero-order valence-corrected chi connectivity index (χ0v) is 21.0. The van der Waals surface area contributed by atoms with E-state index in [1.165, 1.54) is 15.0 Å². The van der Waals surface area contributed by atoms with Crippen molar-refractivity contribution >= 4 is 28.5 Å². The molecule has 0 saturated carbocycles. The van der Waals surface area contributed by atoms with E-state index in [4.69, 9.17) is 0 Å². The van der Waals surface area contributed by atoms with Crippen molar-refractivity contribution in [2.75, 3.05) is 0 Å². The van der Waals surface area contributed by atoms with E-state index in [0.717, 1.165) is 10.2 Å². The van der Waals surface area contributed by atoms with Gasteiger partial charge in [0.1, 0.15) is 6.54 Å². The number of nitrogens with one attached hydrogen (secondary N) is 2. The van der Waals surface area contributed by atoms with E-state index in [-0.39, 0.29) is 53.2 Å². The zero-order valence-electron chi connectivity index (χ0n) is 21.0. The first-order chi connectivity index (χ1) is 16.9. The maximum absolute atomic E-state index is 13.6. The fourth-order valence-electron chi connectivity index (χ4n) is 4.01. The lowest BCUT2D eigenvalue weighted by Crippen LogP contribution is -2.43. The fraction of sp³-hybridized carbons (Fsp3) is 0.346. The van der Waals surface area contributed by atoms with Crippen LogP contribution in [0.1, 0.15) is 50.5 Å². The number of fused-ring (bicyclic) bond motifs is 3. The number of carbonyl (C=O) groups excluding carboxylic acids is 2. The van der Waals surface area contributed by atoms with Crippen molar-refractivity contribution in [3.05, 3.63) is 80.5 Å². The van der Waals surface area contributed by atoms with Gasteiger partial charge in [-0.15, -0.1) is 5.10 Å². The van der Waals surface area contributed by atoms with Gasteiger partial charge in [0.05, 0.1) is 17.4 Å². The van der Waals surface area contributed by atoms with Crippen LogP contribution in [-0.2, 0) is 17.9 Å².